The van der Waals surface area contributed by atoms with Crippen LogP contribution in [0.4, 0.5) is 0 Å². The number of amides is 2. The molecule has 10 heteroatoms. The smallest absolute Gasteiger partial charge is 0.326 e. The first-order chi connectivity index (χ1) is 20.1. The van der Waals surface area contributed by atoms with Crippen molar-refractivity contribution in [2.45, 2.75) is 57.0 Å². The Morgan fingerprint density at radius 2 is 1.76 bits per heavy atom. The molecule has 0 fully saturated rings. The van der Waals surface area contributed by atoms with Gasteiger partial charge in [-0.2, -0.15) is 0 Å². The number of carbonyl (C=O) groups is 4. The van der Waals surface area contributed by atoms with E-state index in [1.165, 1.54) is 11.1 Å². The number of aliphatic carboxylic acids is 1. The minimum absolute atomic E-state index is 0.0214. The molecule has 2 aliphatic rings. The van der Waals surface area contributed by atoms with E-state index < -0.39 is 17.9 Å². The van der Waals surface area contributed by atoms with Gasteiger partial charge in [-0.15, -0.1) is 0 Å². The molecule has 42 heavy (non-hydrogen) atoms. The fourth-order valence-electron chi connectivity index (χ4n) is 5.86. The van der Waals surface area contributed by atoms with Gasteiger partial charge in [-0.3, -0.25) is 14.4 Å². The summed E-state index contributed by atoms with van der Waals surface area (Å²) in [6.45, 7) is 0.611. The molecule has 3 aromatic rings. The summed E-state index contributed by atoms with van der Waals surface area (Å²) in [5.41, 5.74) is 4.27. The van der Waals surface area contributed by atoms with Gasteiger partial charge in [0.05, 0.1) is 15.6 Å². The zero-order valence-electron chi connectivity index (χ0n) is 22.7. The van der Waals surface area contributed by atoms with Crippen LogP contribution >= 0.6 is 34.8 Å². The quantitative estimate of drug-likeness (QED) is 0.282. The van der Waals surface area contributed by atoms with E-state index >= 15 is 0 Å². The van der Waals surface area contributed by atoms with Gasteiger partial charge in [-0.1, -0.05) is 65.1 Å². The monoisotopic (exact) mass is 626 g/mol. The summed E-state index contributed by atoms with van der Waals surface area (Å²) >= 11 is 19.2. The third-order valence-electron chi connectivity index (χ3n) is 8.04. The molecular formula is C32H29Cl3N2O5. The Hall–Kier alpha value is -3.39. The van der Waals surface area contributed by atoms with Crippen molar-refractivity contribution in [2.24, 2.45) is 0 Å². The standard InChI is InChI=1S/C32H29Cl3N2O5/c33-22-6-3-5-20(14-22)31(40)37-13-12-25-21(17-37)16-26(34)28(29(25)35)30(39)36-27(32(41)42)11-10-23(38)15-19-9-8-18-4-1-2-7-24(18)19/h1-7,14,16,19,27H,8-13,15,17H2,(H,36,39)(H,41,42)/t19-,27-/m0/s1. The number of benzene rings is 3. The largest absolute Gasteiger partial charge is 0.480 e. The van der Waals surface area contributed by atoms with Crippen LogP contribution in [0.2, 0.25) is 15.1 Å². The molecule has 0 spiro atoms. The number of nitrogens with zero attached hydrogens (tertiary/aromatic N) is 1. The van der Waals surface area contributed by atoms with E-state index in [1.54, 1.807) is 35.2 Å². The van der Waals surface area contributed by atoms with Gasteiger partial charge < -0.3 is 15.3 Å². The van der Waals surface area contributed by atoms with E-state index in [9.17, 15) is 24.3 Å². The van der Waals surface area contributed by atoms with Gasteiger partial charge in [-0.25, -0.2) is 4.79 Å². The molecule has 1 aliphatic carbocycles. The molecule has 0 saturated carbocycles. The number of ketones is 1. The SMILES string of the molecule is O=C(CC[C@H](NC(=O)c1c(Cl)cc2c(c1Cl)CCN(C(=O)c1cccc(Cl)c1)C2)C(=O)O)C[C@@H]1CCc2ccccc21. The van der Waals surface area contributed by atoms with Gasteiger partial charge in [0.15, 0.2) is 0 Å². The van der Waals surface area contributed by atoms with Crippen molar-refractivity contribution in [1.82, 2.24) is 10.2 Å². The van der Waals surface area contributed by atoms with Crippen LogP contribution in [-0.4, -0.2) is 46.2 Å². The Morgan fingerprint density at radius 3 is 2.52 bits per heavy atom. The molecule has 0 aromatic heterocycles. The molecule has 2 amide bonds. The summed E-state index contributed by atoms with van der Waals surface area (Å²) < 4.78 is 0. The van der Waals surface area contributed by atoms with Crippen LogP contribution in [0.25, 0.3) is 0 Å². The highest BCUT2D eigenvalue weighted by atomic mass is 35.5. The topological polar surface area (TPSA) is 104 Å². The van der Waals surface area contributed by atoms with Crippen molar-refractivity contribution < 1.29 is 24.3 Å². The number of fused-ring (bicyclic) bond motifs is 2. The highest BCUT2D eigenvalue weighted by molar-refractivity contribution is 6.40. The van der Waals surface area contributed by atoms with Crippen LogP contribution < -0.4 is 5.32 Å². The molecular weight excluding hydrogens is 599 g/mol. The maximum atomic E-state index is 13.2. The average molecular weight is 628 g/mol. The highest BCUT2D eigenvalue weighted by Crippen LogP contribution is 2.37. The van der Waals surface area contributed by atoms with Crippen molar-refractivity contribution in [3.63, 3.8) is 0 Å². The van der Waals surface area contributed by atoms with Gasteiger partial charge in [-0.05, 0) is 78.1 Å². The normalized spacial score (nSPS) is 16.4. The molecule has 0 radical (unpaired) electrons. The Bertz CT molecular complexity index is 1570. The summed E-state index contributed by atoms with van der Waals surface area (Å²) in [5.74, 6) is -2.07. The van der Waals surface area contributed by atoms with E-state index in [1.807, 2.05) is 18.2 Å². The van der Waals surface area contributed by atoms with Crippen LogP contribution in [0.1, 0.15) is 74.6 Å². The minimum atomic E-state index is -1.29. The number of carbonyl (C=O) groups excluding carboxylic acids is 3. The van der Waals surface area contributed by atoms with Crippen molar-refractivity contribution >= 4 is 58.4 Å². The minimum Gasteiger partial charge on any atom is -0.480 e. The third-order valence-corrected chi connectivity index (χ3v) is 8.99. The first kappa shape index (κ1) is 30.1. The lowest BCUT2D eigenvalue weighted by Gasteiger charge is -2.30. The fraction of sp³-hybridized carbons (Fsp3) is 0.312. The second-order valence-corrected chi connectivity index (χ2v) is 12.0. The molecule has 218 valence electrons. The number of nitrogens with one attached hydrogen (secondary N) is 1. The van der Waals surface area contributed by atoms with E-state index in [4.69, 9.17) is 34.8 Å². The maximum Gasteiger partial charge on any atom is 0.326 e. The van der Waals surface area contributed by atoms with Crippen molar-refractivity contribution in [3.05, 3.63) is 103 Å². The first-order valence-electron chi connectivity index (χ1n) is 13.8. The van der Waals surface area contributed by atoms with Crippen LogP contribution in [0.3, 0.4) is 0 Å². The fourth-order valence-corrected chi connectivity index (χ4v) is 6.82. The van der Waals surface area contributed by atoms with E-state index in [2.05, 4.69) is 11.4 Å². The van der Waals surface area contributed by atoms with Gasteiger partial charge in [0, 0.05) is 36.5 Å². The lowest BCUT2D eigenvalue weighted by molar-refractivity contribution is -0.139. The van der Waals surface area contributed by atoms with Crippen molar-refractivity contribution in [3.8, 4) is 0 Å². The van der Waals surface area contributed by atoms with Gasteiger partial charge in [0.25, 0.3) is 11.8 Å². The molecule has 5 rings (SSSR count). The predicted octanol–water partition coefficient (Wildman–Crippen LogP) is 6.50. The summed E-state index contributed by atoms with van der Waals surface area (Å²) in [5, 5.41) is 12.9. The first-order valence-corrected chi connectivity index (χ1v) is 14.9. The second-order valence-electron chi connectivity index (χ2n) is 10.8. The number of hydrogen-bond donors (Lipinski definition) is 2. The Labute approximate surface area is 258 Å². The molecule has 0 unspecified atom stereocenters. The molecule has 3 aromatic carbocycles. The van der Waals surface area contributed by atoms with Gasteiger partial charge >= 0.3 is 5.97 Å². The zero-order valence-corrected chi connectivity index (χ0v) is 24.9. The molecule has 1 aliphatic heterocycles. The molecule has 0 bridgehead atoms. The third kappa shape index (κ3) is 6.48. The molecule has 0 saturated heterocycles. The maximum absolute atomic E-state index is 13.2. The van der Waals surface area contributed by atoms with Crippen molar-refractivity contribution in [1.29, 1.82) is 0 Å². The number of carboxylic acid groups (broad SMARTS) is 1. The number of hydrogen-bond acceptors (Lipinski definition) is 4. The van der Waals surface area contributed by atoms with E-state index in [-0.39, 0.29) is 52.6 Å². The van der Waals surface area contributed by atoms with Crippen LogP contribution in [0.5, 0.6) is 0 Å². The Kier molecular flexibility index (Phi) is 9.21. The molecule has 2 atom stereocenters. The molecule has 7 nitrogen and oxygen atoms in total. The average Bonchev–Trinajstić information content (AvgIpc) is 3.36. The lowest BCUT2D eigenvalue weighted by atomic mass is 9.93. The van der Waals surface area contributed by atoms with Crippen molar-refractivity contribution in [2.75, 3.05) is 6.54 Å². The number of halogens is 3. The summed E-state index contributed by atoms with van der Waals surface area (Å²) in [4.78, 5) is 52.6. The predicted molar refractivity (Wildman–Crippen MR) is 162 cm³/mol. The Balaban J connectivity index is 1.23. The van der Waals surface area contributed by atoms with E-state index in [0.29, 0.717) is 41.1 Å². The van der Waals surface area contributed by atoms with Gasteiger partial charge in [0.2, 0.25) is 0 Å². The van der Waals surface area contributed by atoms with Gasteiger partial charge in [0.1, 0.15) is 11.8 Å². The summed E-state index contributed by atoms with van der Waals surface area (Å²) in [7, 11) is 0. The van der Waals surface area contributed by atoms with Crippen LogP contribution in [-0.2, 0) is 29.0 Å². The lowest BCUT2D eigenvalue weighted by Crippen LogP contribution is -2.41. The second kappa shape index (κ2) is 12.9. The zero-order chi connectivity index (χ0) is 30.0. The number of Topliss-reactive ketones (excluding diaryl/α,β-unsaturated/α-hetero) is 1. The van der Waals surface area contributed by atoms with E-state index in [0.717, 1.165) is 12.8 Å². The number of carboxylic acids is 1. The number of rotatable bonds is 9. The van der Waals surface area contributed by atoms with Crippen LogP contribution in [0, 0.1) is 0 Å². The molecule has 1 heterocycles. The Morgan fingerprint density at radius 1 is 0.976 bits per heavy atom. The summed E-state index contributed by atoms with van der Waals surface area (Å²) in [6, 6.07) is 15.1. The highest BCUT2D eigenvalue weighted by Gasteiger charge is 2.30. The van der Waals surface area contributed by atoms with Crippen LogP contribution in [0.15, 0.2) is 54.6 Å². The number of aryl methyl sites for hydroxylation is 1. The molecule has 2 N–H and O–H groups in total. The summed E-state index contributed by atoms with van der Waals surface area (Å²) in [6.07, 6.45) is 2.54.